The van der Waals surface area contributed by atoms with Crippen molar-refractivity contribution in [1.29, 1.82) is 0 Å². The Kier molecular flexibility index (Phi) is 7.06. The number of aromatic nitrogens is 1. The van der Waals surface area contributed by atoms with Crippen molar-refractivity contribution in [1.82, 2.24) is 4.98 Å². The minimum Gasteiger partial charge on any atom is -0.494 e. The Balaban J connectivity index is 1.46. The Morgan fingerprint density at radius 1 is 1.07 bits per heavy atom. The van der Waals surface area contributed by atoms with E-state index < -0.39 is 0 Å². The summed E-state index contributed by atoms with van der Waals surface area (Å²) >= 11 is 0. The van der Waals surface area contributed by atoms with Crippen LogP contribution in [0.3, 0.4) is 0 Å². The molecule has 1 aromatic heterocycles. The van der Waals surface area contributed by atoms with E-state index in [1.807, 2.05) is 37.3 Å². The van der Waals surface area contributed by atoms with Crippen LogP contribution in [0.25, 0.3) is 0 Å². The Labute approximate surface area is 163 Å². The molecular formula is C20H23N5O3. The molecule has 1 aliphatic rings. The average Bonchev–Trinajstić information content (AvgIpc) is 3.26. The minimum atomic E-state index is 0.331. The normalized spacial score (nSPS) is 13.4. The van der Waals surface area contributed by atoms with Crippen molar-refractivity contribution < 1.29 is 14.3 Å². The van der Waals surface area contributed by atoms with E-state index in [4.69, 9.17) is 14.3 Å². The van der Waals surface area contributed by atoms with Crippen molar-refractivity contribution in [3.05, 3.63) is 53.7 Å². The highest BCUT2D eigenvalue weighted by molar-refractivity contribution is 5.98. The van der Waals surface area contributed by atoms with Gasteiger partial charge in [-0.3, -0.25) is 0 Å². The molecule has 0 unspecified atom stereocenters. The summed E-state index contributed by atoms with van der Waals surface area (Å²) < 4.78 is 11.1. The van der Waals surface area contributed by atoms with Crippen molar-refractivity contribution in [3.8, 4) is 11.6 Å². The van der Waals surface area contributed by atoms with Crippen LogP contribution in [0.15, 0.2) is 63.2 Å². The standard InChI is InChI=1S/C20H23N5O3/c1-3-10-26-19-7-4-16(5-8-19)13-28-24-15(2)17-6-9-20(21-11-17)27-14-18-12-22-25-23-18/h4-9,11H,3,10,12-14H2,1-2H3/b24-15+. The molecule has 1 aliphatic heterocycles. The molecule has 0 atom stereocenters. The zero-order valence-corrected chi connectivity index (χ0v) is 16.0. The molecule has 0 saturated heterocycles. The summed E-state index contributed by atoms with van der Waals surface area (Å²) in [7, 11) is 0. The molecule has 0 bridgehead atoms. The third-order valence-electron chi connectivity index (χ3n) is 3.87. The van der Waals surface area contributed by atoms with Crippen molar-refractivity contribution >= 4 is 11.4 Å². The number of nitrogens with zero attached hydrogens (tertiary/aromatic N) is 5. The highest BCUT2D eigenvalue weighted by atomic mass is 16.6. The molecule has 0 amide bonds. The molecule has 8 nitrogen and oxygen atoms in total. The second-order valence-corrected chi connectivity index (χ2v) is 6.17. The SMILES string of the molecule is CCCOc1ccc(CO/N=C(\C)c2ccc(OCC3=NN=NC3)nc2)cc1. The minimum absolute atomic E-state index is 0.331. The lowest BCUT2D eigenvalue weighted by Gasteiger charge is -2.07. The largest absolute Gasteiger partial charge is 0.494 e. The second kappa shape index (κ2) is 10.1. The van der Waals surface area contributed by atoms with Crippen LogP contribution < -0.4 is 9.47 Å². The van der Waals surface area contributed by atoms with Crippen LogP contribution in [-0.4, -0.2) is 36.2 Å². The number of oxime groups is 1. The van der Waals surface area contributed by atoms with Gasteiger partial charge in [-0.05, 0) is 42.3 Å². The molecule has 0 N–H and O–H groups in total. The first-order valence-electron chi connectivity index (χ1n) is 9.14. The van der Waals surface area contributed by atoms with Gasteiger partial charge in [-0.25, -0.2) is 4.98 Å². The van der Waals surface area contributed by atoms with E-state index >= 15 is 0 Å². The Morgan fingerprint density at radius 3 is 2.61 bits per heavy atom. The molecule has 0 saturated carbocycles. The van der Waals surface area contributed by atoms with E-state index in [-0.39, 0.29) is 0 Å². The molecule has 0 aliphatic carbocycles. The zero-order valence-electron chi connectivity index (χ0n) is 16.0. The number of pyridine rings is 1. The molecular weight excluding hydrogens is 358 g/mol. The van der Waals surface area contributed by atoms with Gasteiger partial charge in [0.25, 0.3) is 0 Å². The van der Waals surface area contributed by atoms with Crippen LogP contribution in [0.4, 0.5) is 0 Å². The lowest BCUT2D eigenvalue weighted by Crippen LogP contribution is -2.13. The summed E-state index contributed by atoms with van der Waals surface area (Å²) in [5.41, 5.74) is 3.40. The first-order chi connectivity index (χ1) is 13.7. The molecule has 8 heteroatoms. The number of rotatable bonds is 10. The maximum absolute atomic E-state index is 5.57. The second-order valence-electron chi connectivity index (χ2n) is 6.17. The molecule has 2 aromatic rings. The van der Waals surface area contributed by atoms with Crippen molar-refractivity contribution in [2.75, 3.05) is 19.8 Å². The van der Waals surface area contributed by atoms with Crippen LogP contribution in [0.2, 0.25) is 0 Å². The molecule has 0 radical (unpaired) electrons. The number of hydrogen-bond donors (Lipinski definition) is 0. The predicted molar refractivity (Wildman–Crippen MR) is 106 cm³/mol. The van der Waals surface area contributed by atoms with Gasteiger partial charge < -0.3 is 14.3 Å². The van der Waals surface area contributed by atoms with Gasteiger partial charge in [-0.15, -0.1) is 5.10 Å². The topological polar surface area (TPSA) is 90.0 Å². The third kappa shape index (κ3) is 5.87. The Hall–Kier alpha value is -3.29. The fraction of sp³-hybridized carbons (Fsp3) is 0.350. The lowest BCUT2D eigenvalue weighted by atomic mass is 10.2. The van der Waals surface area contributed by atoms with Crippen LogP contribution in [0, 0.1) is 0 Å². The first kappa shape index (κ1) is 19.5. The Morgan fingerprint density at radius 2 is 1.93 bits per heavy atom. The molecule has 28 heavy (non-hydrogen) atoms. The van der Waals surface area contributed by atoms with Crippen LogP contribution in [0.5, 0.6) is 11.6 Å². The fourth-order valence-electron chi connectivity index (χ4n) is 2.31. The van der Waals surface area contributed by atoms with Gasteiger partial charge in [0.15, 0.2) is 0 Å². The maximum atomic E-state index is 5.57. The monoisotopic (exact) mass is 381 g/mol. The first-order valence-corrected chi connectivity index (χ1v) is 9.14. The number of benzene rings is 1. The molecule has 3 rings (SSSR count). The van der Waals surface area contributed by atoms with Crippen molar-refractivity contribution in [2.45, 2.75) is 26.9 Å². The van der Waals surface area contributed by atoms with E-state index in [0.717, 1.165) is 41.3 Å². The fourth-order valence-corrected chi connectivity index (χ4v) is 2.31. The molecule has 1 aromatic carbocycles. The van der Waals surface area contributed by atoms with E-state index in [1.165, 1.54) is 0 Å². The summed E-state index contributed by atoms with van der Waals surface area (Å²) in [6, 6.07) is 11.5. The van der Waals surface area contributed by atoms with Crippen LogP contribution >= 0.6 is 0 Å². The molecule has 146 valence electrons. The zero-order chi connectivity index (χ0) is 19.6. The van der Waals surface area contributed by atoms with E-state index in [2.05, 4.69) is 32.5 Å². The summed E-state index contributed by atoms with van der Waals surface area (Å²) in [4.78, 5) is 9.73. The quantitative estimate of drug-likeness (QED) is 0.459. The summed E-state index contributed by atoms with van der Waals surface area (Å²) in [6.07, 6.45) is 2.69. The highest BCUT2D eigenvalue weighted by Crippen LogP contribution is 2.14. The van der Waals surface area contributed by atoms with Gasteiger partial charge in [-0.1, -0.05) is 24.2 Å². The third-order valence-corrected chi connectivity index (χ3v) is 3.87. The molecule has 2 heterocycles. The van der Waals surface area contributed by atoms with Gasteiger partial charge in [0, 0.05) is 17.8 Å². The maximum Gasteiger partial charge on any atom is 0.213 e. The molecule has 0 fully saturated rings. The average molecular weight is 381 g/mol. The van der Waals surface area contributed by atoms with Gasteiger partial charge >= 0.3 is 0 Å². The summed E-state index contributed by atoms with van der Waals surface area (Å²) in [6.45, 7) is 5.87. The number of hydrogen-bond acceptors (Lipinski definition) is 8. The lowest BCUT2D eigenvalue weighted by molar-refractivity contribution is 0.130. The smallest absolute Gasteiger partial charge is 0.213 e. The van der Waals surface area contributed by atoms with E-state index in [9.17, 15) is 0 Å². The van der Waals surface area contributed by atoms with Crippen molar-refractivity contribution in [3.63, 3.8) is 0 Å². The van der Waals surface area contributed by atoms with Gasteiger partial charge in [0.1, 0.15) is 31.2 Å². The Bertz CT molecular complexity index is 845. The van der Waals surface area contributed by atoms with Crippen LogP contribution in [0.1, 0.15) is 31.4 Å². The molecule has 0 spiro atoms. The van der Waals surface area contributed by atoms with Gasteiger partial charge in [0.05, 0.1) is 12.3 Å². The van der Waals surface area contributed by atoms with Gasteiger partial charge in [-0.2, -0.15) is 5.11 Å². The van der Waals surface area contributed by atoms with E-state index in [0.29, 0.717) is 25.6 Å². The number of ether oxygens (including phenoxy) is 2. The summed E-state index contributed by atoms with van der Waals surface area (Å²) in [5, 5.41) is 15.3. The highest BCUT2D eigenvalue weighted by Gasteiger charge is 2.06. The van der Waals surface area contributed by atoms with E-state index in [1.54, 1.807) is 12.3 Å². The van der Waals surface area contributed by atoms with Gasteiger partial charge in [0.2, 0.25) is 5.88 Å². The predicted octanol–water partition coefficient (Wildman–Crippen LogP) is 4.01. The van der Waals surface area contributed by atoms with Crippen LogP contribution in [-0.2, 0) is 11.4 Å². The van der Waals surface area contributed by atoms with Crippen molar-refractivity contribution in [2.24, 2.45) is 20.6 Å². The summed E-state index contributed by atoms with van der Waals surface area (Å²) in [5.74, 6) is 1.37.